The van der Waals surface area contributed by atoms with Crippen molar-refractivity contribution < 1.29 is 29.2 Å². The number of anilines is 1. The normalized spacial score (nSPS) is 20.7. The number of allylic oxidation sites excluding steroid dienone is 3. The molecule has 0 amide bonds. The van der Waals surface area contributed by atoms with Gasteiger partial charge < -0.3 is 35.5 Å². The van der Waals surface area contributed by atoms with Crippen LogP contribution in [-0.4, -0.2) is 42.2 Å². The highest BCUT2D eigenvalue weighted by Gasteiger charge is 2.38. The third-order valence-corrected chi connectivity index (χ3v) is 12.0. The second kappa shape index (κ2) is 18.6. The van der Waals surface area contributed by atoms with Gasteiger partial charge in [0.1, 0.15) is 36.1 Å². The number of hydrogen-bond donors (Lipinski definition) is 4. The van der Waals surface area contributed by atoms with E-state index in [1.165, 1.54) is 5.56 Å². The maximum absolute atomic E-state index is 13.8. The number of carbonyl (C=O) groups is 1. The van der Waals surface area contributed by atoms with Crippen molar-refractivity contribution >= 4 is 28.2 Å². The number of ketones is 1. The lowest BCUT2D eigenvalue weighted by Crippen LogP contribution is -2.25. The minimum atomic E-state index is -0.592. The van der Waals surface area contributed by atoms with Crippen LogP contribution in [0, 0.1) is 23.9 Å². The van der Waals surface area contributed by atoms with Gasteiger partial charge >= 0.3 is 0 Å². The van der Waals surface area contributed by atoms with Gasteiger partial charge in [-0.3, -0.25) is 9.79 Å². The molecule has 4 aromatic carbocycles. The lowest BCUT2D eigenvalue weighted by atomic mass is 9.76. The van der Waals surface area contributed by atoms with Gasteiger partial charge in [0, 0.05) is 31.1 Å². The summed E-state index contributed by atoms with van der Waals surface area (Å²) in [5.74, 6) is 5.81. The molecule has 302 valence electrons. The number of ether oxygens (including phenoxy) is 3. The van der Waals surface area contributed by atoms with E-state index in [2.05, 4.69) is 52.7 Å². The van der Waals surface area contributed by atoms with Crippen LogP contribution in [0.1, 0.15) is 86.5 Å². The van der Waals surface area contributed by atoms with Crippen molar-refractivity contribution in [3.8, 4) is 29.3 Å². The van der Waals surface area contributed by atoms with Crippen LogP contribution in [0.4, 0.5) is 5.69 Å². The Morgan fingerprint density at radius 1 is 1.00 bits per heavy atom. The Balaban J connectivity index is 1.13. The molecule has 1 saturated carbocycles. The van der Waals surface area contributed by atoms with Crippen LogP contribution in [0.15, 0.2) is 102 Å². The number of aromatic hydroxyl groups is 1. The number of phenols is 1. The first kappa shape index (κ1) is 40.3. The van der Waals surface area contributed by atoms with Crippen LogP contribution in [0.25, 0.3) is 10.8 Å². The Morgan fingerprint density at radius 2 is 1.84 bits per heavy atom. The highest BCUT2D eigenvalue weighted by Crippen LogP contribution is 2.47. The van der Waals surface area contributed by atoms with Gasteiger partial charge in [-0.05, 0) is 139 Å². The van der Waals surface area contributed by atoms with Crippen molar-refractivity contribution in [2.45, 2.75) is 95.2 Å². The second-order valence-corrected chi connectivity index (χ2v) is 16.0. The number of phenolic OH excluding ortho intramolecular Hbond substituents is 1. The summed E-state index contributed by atoms with van der Waals surface area (Å²) in [7, 11) is 3.28. The number of aliphatic hydroxyl groups excluding tert-OH is 1. The van der Waals surface area contributed by atoms with Crippen molar-refractivity contribution in [2.75, 3.05) is 19.5 Å². The predicted molar refractivity (Wildman–Crippen MR) is 230 cm³/mol. The van der Waals surface area contributed by atoms with Gasteiger partial charge in [-0.1, -0.05) is 61.7 Å². The van der Waals surface area contributed by atoms with E-state index >= 15 is 0 Å². The molecule has 4 aliphatic rings. The summed E-state index contributed by atoms with van der Waals surface area (Å²) in [5.41, 5.74) is 10.2. The summed E-state index contributed by atoms with van der Waals surface area (Å²) in [6, 6.07) is 24.0. The molecule has 8 rings (SSSR count). The fourth-order valence-electron chi connectivity index (χ4n) is 8.89. The van der Waals surface area contributed by atoms with E-state index < -0.39 is 11.5 Å². The molecule has 2 aliphatic carbocycles. The molecule has 3 unspecified atom stereocenters. The van der Waals surface area contributed by atoms with Crippen molar-refractivity contribution in [1.82, 2.24) is 0 Å². The number of unbranched alkanes of at least 4 members (excludes halogenated alkanes) is 1. The Hall–Kier alpha value is -5.88. The number of aliphatic hydroxyl groups is 1. The second-order valence-electron chi connectivity index (χ2n) is 16.0. The first-order chi connectivity index (χ1) is 28.2. The molecule has 5 N–H and O–H groups in total. The molecular formula is C49H55N3O6. The average molecular weight is 782 g/mol. The third-order valence-electron chi connectivity index (χ3n) is 12.0. The monoisotopic (exact) mass is 781 g/mol. The molecule has 3 atom stereocenters. The molecule has 4 aromatic rings. The minimum absolute atomic E-state index is 0.0342. The number of nitrogens with one attached hydrogen (secondary N) is 1. The number of hydrogen-bond acceptors (Lipinski definition) is 7. The van der Waals surface area contributed by atoms with Crippen molar-refractivity contribution in [1.29, 1.82) is 0 Å². The van der Waals surface area contributed by atoms with E-state index in [-0.39, 0.29) is 35.5 Å². The molecule has 0 radical (unpaired) electrons. The minimum Gasteiger partial charge on any atom is -0.508 e. The molecular weight excluding hydrogens is 727 g/mol. The van der Waals surface area contributed by atoms with Crippen LogP contribution in [0.5, 0.6) is 17.2 Å². The number of guanidine groups is 1. The Kier molecular flexibility index (Phi) is 12.9. The van der Waals surface area contributed by atoms with E-state index in [1.807, 2.05) is 48.5 Å². The standard InChI is InChI=1S/C49H55N3O6/c1-51-48(50)52-39-11-7-9-33(27-39)8-3-4-10-36-15-18-40(53)29-38(36)30-42-31-41(54)17-12-34-14-21-45(56-2)46(28-34)58-32-35-13-19-43-37(26-35)16-20-44(55)47(43)49(24-25-57-42)22-5-6-23-49/h7,9,11,13-16,18-21,26-29,36,38,42,53,55H,3-6,8,10,12,17,22-23,30-32H2,1-2H3,(H3,50,51,52). The summed E-state index contributed by atoms with van der Waals surface area (Å²) < 4.78 is 18.4. The number of methoxy groups -OCH3 is 1. The summed E-state index contributed by atoms with van der Waals surface area (Å²) in [5, 5.41) is 27.2. The molecule has 9 nitrogen and oxygen atoms in total. The highest BCUT2D eigenvalue weighted by molar-refractivity contribution is 5.92. The molecule has 0 aromatic heterocycles. The topological polar surface area (TPSA) is 136 Å². The molecule has 2 aliphatic heterocycles. The number of nitrogens with zero attached hydrogens (tertiary/aromatic N) is 1. The summed E-state index contributed by atoms with van der Waals surface area (Å²) in [4.78, 5) is 17.8. The summed E-state index contributed by atoms with van der Waals surface area (Å²) in [6.07, 6.45) is 17.5. The lowest BCUT2D eigenvalue weighted by molar-refractivity contribution is -0.121. The van der Waals surface area contributed by atoms with Crippen LogP contribution >= 0.6 is 0 Å². The number of carbonyl (C=O) groups excluding carboxylic acids is 1. The van der Waals surface area contributed by atoms with E-state index in [0.717, 1.165) is 84.5 Å². The van der Waals surface area contributed by atoms with Crippen molar-refractivity contribution in [2.24, 2.45) is 22.6 Å². The quantitative estimate of drug-likeness (QED) is 0.0571. The highest BCUT2D eigenvalue weighted by atomic mass is 16.5. The third kappa shape index (κ3) is 9.79. The molecule has 2 heterocycles. The molecule has 58 heavy (non-hydrogen) atoms. The first-order valence-electron chi connectivity index (χ1n) is 20.6. The Morgan fingerprint density at radius 3 is 2.67 bits per heavy atom. The average Bonchev–Trinajstić information content (AvgIpc) is 3.70. The zero-order valence-corrected chi connectivity index (χ0v) is 33.6. The van der Waals surface area contributed by atoms with Gasteiger partial charge in [0.15, 0.2) is 17.5 Å². The Labute approximate surface area is 342 Å². The fraction of sp³-hybridized carbons (Fsp3) is 0.388. The van der Waals surface area contributed by atoms with Gasteiger partial charge in [0.05, 0.1) is 12.5 Å². The van der Waals surface area contributed by atoms with Gasteiger partial charge in [0.2, 0.25) is 0 Å². The smallest absolute Gasteiger partial charge is 0.192 e. The molecule has 6 bridgehead atoms. The van der Waals surface area contributed by atoms with E-state index in [0.29, 0.717) is 43.3 Å². The number of benzene rings is 4. The van der Waals surface area contributed by atoms with E-state index in [9.17, 15) is 15.0 Å². The number of fused-ring (bicyclic) bond motifs is 8. The van der Waals surface area contributed by atoms with Crippen LogP contribution in [0.3, 0.4) is 0 Å². The van der Waals surface area contributed by atoms with Gasteiger partial charge in [-0.2, -0.15) is 0 Å². The van der Waals surface area contributed by atoms with E-state index in [1.54, 1.807) is 26.3 Å². The number of nitrogens with two attached hydrogens (primary N) is 1. The number of aliphatic imine (C=N–C) groups is 1. The maximum atomic E-state index is 13.8. The molecule has 1 fully saturated rings. The van der Waals surface area contributed by atoms with E-state index in [4.69, 9.17) is 19.9 Å². The number of Topliss-reactive ketones (excluding diaryl/α,β-unsaturated/α-hetero) is 1. The Bertz CT molecular complexity index is 2260. The van der Waals surface area contributed by atoms with Crippen molar-refractivity contribution in [3.63, 3.8) is 0 Å². The zero-order chi connectivity index (χ0) is 40.5. The first-order valence-corrected chi connectivity index (χ1v) is 20.6. The predicted octanol–water partition coefficient (Wildman–Crippen LogP) is 9.60. The van der Waals surface area contributed by atoms with Gasteiger partial charge in [-0.25, -0.2) is 0 Å². The lowest BCUT2D eigenvalue weighted by Gasteiger charge is -2.28. The molecule has 9 heteroatoms. The number of aryl methyl sites for hydroxylation is 2. The van der Waals surface area contributed by atoms with Gasteiger partial charge in [-0.15, -0.1) is 0 Å². The largest absolute Gasteiger partial charge is 0.508 e. The number of rotatable bonds is 9. The zero-order valence-electron chi connectivity index (χ0n) is 33.6. The fourth-order valence-corrected chi connectivity index (χ4v) is 8.89. The SMILES string of the molecule is CN=C(N)Nc1cccc(CCCCC2C=CC(O)=CC2CC2CC(=O)CCc3ccc(OC)c(c3)OCc3ccc4c(c(O)ccc4c3)C3(C#CO2)CCCC3)c1. The van der Waals surface area contributed by atoms with Crippen molar-refractivity contribution in [3.05, 3.63) is 119 Å². The molecule has 0 saturated heterocycles. The van der Waals surface area contributed by atoms with Crippen LogP contribution in [-0.2, 0) is 34.4 Å². The van der Waals surface area contributed by atoms with Crippen LogP contribution < -0.4 is 20.5 Å². The maximum Gasteiger partial charge on any atom is 0.192 e. The van der Waals surface area contributed by atoms with Crippen LogP contribution in [0.2, 0.25) is 0 Å². The molecule has 1 spiro atoms. The van der Waals surface area contributed by atoms with Gasteiger partial charge in [0.25, 0.3) is 0 Å². The summed E-state index contributed by atoms with van der Waals surface area (Å²) >= 11 is 0. The summed E-state index contributed by atoms with van der Waals surface area (Å²) in [6.45, 7) is 0.337.